The standard InChI is InChI=1S/C12H18FN3O3S/c1-3-4-5-15-12(17)16-20(18,19)9-6-10(13)8(2)11(14)7-9/h6-7H,3-5,14H2,1-2H3,(H2,15,16,17). The van der Waals surface area contributed by atoms with E-state index in [1.165, 1.54) is 6.92 Å². The van der Waals surface area contributed by atoms with Gasteiger partial charge in [-0.05, 0) is 25.5 Å². The van der Waals surface area contributed by atoms with Gasteiger partial charge in [-0.15, -0.1) is 0 Å². The summed E-state index contributed by atoms with van der Waals surface area (Å²) in [4.78, 5) is 11.0. The second-order valence-corrected chi connectivity index (χ2v) is 6.02. The van der Waals surface area contributed by atoms with Crippen molar-refractivity contribution in [3.8, 4) is 0 Å². The highest BCUT2D eigenvalue weighted by atomic mass is 32.2. The number of sulfonamides is 1. The molecule has 0 spiro atoms. The van der Waals surface area contributed by atoms with Crippen molar-refractivity contribution < 1.29 is 17.6 Å². The van der Waals surface area contributed by atoms with Crippen molar-refractivity contribution in [2.75, 3.05) is 12.3 Å². The molecule has 0 radical (unpaired) electrons. The molecular weight excluding hydrogens is 285 g/mol. The molecule has 112 valence electrons. The lowest BCUT2D eigenvalue weighted by Gasteiger charge is -2.10. The van der Waals surface area contributed by atoms with Crippen molar-refractivity contribution in [2.24, 2.45) is 0 Å². The van der Waals surface area contributed by atoms with Crippen LogP contribution in [-0.2, 0) is 10.0 Å². The highest BCUT2D eigenvalue weighted by molar-refractivity contribution is 7.90. The second-order valence-electron chi connectivity index (χ2n) is 4.33. The van der Waals surface area contributed by atoms with Crippen LogP contribution in [0.1, 0.15) is 25.3 Å². The van der Waals surface area contributed by atoms with Crippen LogP contribution in [0.25, 0.3) is 0 Å². The molecule has 0 saturated carbocycles. The summed E-state index contributed by atoms with van der Waals surface area (Å²) in [6.45, 7) is 3.74. The van der Waals surface area contributed by atoms with Crippen molar-refractivity contribution in [3.05, 3.63) is 23.5 Å². The van der Waals surface area contributed by atoms with Gasteiger partial charge < -0.3 is 11.1 Å². The summed E-state index contributed by atoms with van der Waals surface area (Å²) in [5, 5.41) is 2.40. The third-order valence-electron chi connectivity index (χ3n) is 2.71. The number of nitrogens with two attached hydrogens (primary N) is 1. The van der Waals surface area contributed by atoms with Crippen molar-refractivity contribution in [1.82, 2.24) is 10.0 Å². The number of nitrogens with one attached hydrogen (secondary N) is 2. The molecule has 0 aromatic heterocycles. The summed E-state index contributed by atoms with van der Waals surface area (Å²) in [5.74, 6) is -0.739. The molecule has 0 fully saturated rings. The monoisotopic (exact) mass is 303 g/mol. The van der Waals surface area contributed by atoms with E-state index >= 15 is 0 Å². The highest BCUT2D eigenvalue weighted by Gasteiger charge is 2.19. The molecule has 2 amide bonds. The summed E-state index contributed by atoms with van der Waals surface area (Å²) in [5.41, 5.74) is 5.69. The Balaban J connectivity index is 2.86. The summed E-state index contributed by atoms with van der Waals surface area (Å²) in [6.07, 6.45) is 1.60. The predicted octanol–water partition coefficient (Wildman–Crippen LogP) is 1.50. The zero-order valence-electron chi connectivity index (χ0n) is 11.4. The lowest BCUT2D eigenvalue weighted by molar-refractivity contribution is 0.245. The molecule has 0 bridgehead atoms. The molecule has 6 nitrogen and oxygen atoms in total. The Hall–Kier alpha value is -1.83. The van der Waals surface area contributed by atoms with Gasteiger partial charge in [0.25, 0.3) is 10.0 Å². The van der Waals surface area contributed by atoms with Crippen LogP contribution in [0.15, 0.2) is 17.0 Å². The Morgan fingerprint density at radius 3 is 2.60 bits per heavy atom. The maximum Gasteiger partial charge on any atom is 0.328 e. The van der Waals surface area contributed by atoms with E-state index in [2.05, 4.69) is 5.32 Å². The van der Waals surface area contributed by atoms with Gasteiger partial charge in [-0.1, -0.05) is 13.3 Å². The van der Waals surface area contributed by atoms with Crippen LogP contribution in [-0.4, -0.2) is 21.0 Å². The Labute approximate surface area is 117 Å². The van der Waals surface area contributed by atoms with Crippen molar-refractivity contribution >= 4 is 21.7 Å². The van der Waals surface area contributed by atoms with Gasteiger partial charge in [-0.3, -0.25) is 0 Å². The van der Waals surface area contributed by atoms with Gasteiger partial charge in [0.15, 0.2) is 0 Å². The number of urea groups is 1. The molecule has 20 heavy (non-hydrogen) atoms. The van der Waals surface area contributed by atoms with E-state index in [0.29, 0.717) is 6.54 Å². The highest BCUT2D eigenvalue weighted by Crippen LogP contribution is 2.20. The van der Waals surface area contributed by atoms with Crippen LogP contribution < -0.4 is 15.8 Å². The number of anilines is 1. The van der Waals surface area contributed by atoms with Gasteiger partial charge in [0.2, 0.25) is 0 Å². The number of carbonyl (C=O) groups is 1. The number of hydrogen-bond acceptors (Lipinski definition) is 4. The molecule has 0 unspecified atom stereocenters. The molecule has 0 saturated heterocycles. The third kappa shape index (κ3) is 4.09. The first-order valence-corrected chi connectivity index (χ1v) is 7.62. The molecule has 0 aliphatic rings. The van der Waals surface area contributed by atoms with Gasteiger partial charge in [0.1, 0.15) is 5.82 Å². The number of rotatable bonds is 5. The van der Waals surface area contributed by atoms with E-state index < -0.39 is 21.9 Å². The van der Waals surface area contributed by atoms with Crippen molar-refractivity contribution in [2.45, 2.75) is 31.6 Å². The fraction of sp³-hybridized carbons (Fsp3) is 0.417. The number of halogens is 1. The maximum atomic E-state index is 13.5. The third-order valence-corrected chi connectivity index (χ3v) is 4.02. The minimum absolute atomic E-state index is 0.0109. The van der Waals surface area contributed by atoms with Crippen LogP contribution in [0.3, 0.4) is 0 Å². The lowest BCUT2D eigenvalue weighted by Crippen LogP contribution is -2.39. The topological polar surface area (TPSA) is 101 Å². The first kappa shape index (κ1) is 16.2. The van der Waals surface area contributed by atoms with Crippen molar-refractivity contribution in [1.29, 1.82) is 0 Å². The van der Waals surface area contributed by atoms with Crippen LogP contribution >= 0.6 is 0 Å². The zero-order valence-corrected chi connectivity index (χ0v) is 12.2. The fourth-order valence-electron chi connectivity index (χ4n) is 1.43. The van der Waals surface area contributed by atoms with Crippen LogP contribution in [0.5, 0.6) is 0 Å². The number of amides is 2. The van der Waals surface area contributed by atoms with Crippen LogP contribution in [0.4, 0.5) is 14.9 Å². The summed E-state index contributed by atoms with van der Waals surface area (Å²) < 4.78 is 39.1. The van der Waals surface area contributed by atoms with Gasteiger partial charge in [0.05, 0.1) is 4.90 Å². The SMILES string of the molecule is CCCCNC(=O)NS(=O)(=O)c1cc(N)c(C)c(F)c1. The van der Waals surface area contributed by atoms with Gasteiger partial charge in [0, 0.05) is 17.8 Å². The summed E-state index contributed by atoms with van der Waals surface area (Å²) in [7, 11) is -4.14. The van der Waals surface area contributed by atoms with Gasteiger partial charge in [-0.2, -0.15) is 0 Å². The number of carbonyl (C=O) groups excluding carboxylic acids is 1. The quantitative estimate of drug-likeness (QED) is 0.567. The van der Waals surface area contributed by atoms with Gasteiger partial charge >= 0.3 is 6.03 Å². The average Bonchev–Trinajstić information content (AvgIpc) is 2.35. The molecule has 0 aliphatic heterocycles. The Morgan fingerprint density at radius 1 is 1.40 bits per heavy atom. The first-order chi connectivity index (χ1) is 9.27. The number of nitrogen functional groups attached to an aromatic ring is 1. The van der Waals surface area contributed by atoms with Gasteiger partial charge in [-0.25, -0.2) is 22.3 Å². The molecule has 0 aliphatic carbocycles. The Kier molecular flexibility index (Phi) is 5.32. The molecule has 8 heteroatoms. The molecular formula is C12H18FN3O3S. The normalized spacial score (nSPS) is 11.2. The Bertz CT molecular complexity index is 579. The lowest BCUT2D eigenvalue weighted by atomic mass is 10.2. The smallest absolute Gasteiger partial charge is 0.328 e. The van der Waals surface area contributed by atoms with E-state index in [9.17, 15) is 17.6 Å². The second kappa shape index (κ2) is 6.56. The van der Waals surface area contributed by atoms with Crippen LogP contribution in [0, 0.1) is 12.7 Å². The van der Waals surface area contributed by atoms with E-state index in [4.69, 9.17) is 5.73 Å². The Morgan fingerprint density at radius 2 is 2.05 bits per heavy atom. The molecule has 1 aromatic carbocycles. The number of hydrogen-bond donors (Lipinski definition) is 3. The zero-order chi connectivity index (χ0) is 15.3. The van der Waals surface area contributed by atoms with E-state index in [0.717, 1.165) is 25.0 Å². The molecule has 1 rings (SSSR count). The van der Waals surface area contributed by atoms with Crippen molar-refractivity contribution in [3.63, 3.8) is 0 Å². The molecule has 0 atom stereocenters. The van der Waals surface area contributed by atoms with E-state index in [1.54, 1.807) is 4.72 Å². The minimum Gasteiger partial charge on any atom is -0.398 e. The molecule has 4 N–H and O–H groups in total. The van der Waals surface area contributed by atoms with E-state index in [1.807, 2.05) is 6.92 Å². The maximum absolute atomic E-state index is 13.5. The summed E-state index contributed by atoms with van der Waals surface area (Å²) in [6, 6.07) is 1.09. The molecule has 1 aromatic rings. The minimum atomic E-state index is -4.14. The van der Waals surface area contributed by atoms with Crippen LogP contribution in [0.2, 0.25) is 0 Å². The predicted molar refractivity (Wildman–Crippen MR) is 74.2 cm³/mol. The number of benzene rings is 1. The first-order valence-electron chi connectivity index (χ1n) is 6.14. The van der Waals surface area contributed by atoms with E-state index in [-0.39, 0.29) is 16.1 Å². The largest absolute Gasteiger partial charge is 0.398 e. The number of unbranched alkanes of at least 4 members (excludes halogenated alkanes) is 1. The average molecular weight is 303 g/mol. The fourth-order valence-corrected chi connectivity index (χ4v) is 2.40. The summed E-state index contributed by atoms with van der Waals surface area (Å²) >= 11 is 0. The molecule has 0 heterocycles.